The van der Waals surface area contributed by atoms with Gasteiger partial charge in [-0.25, -0.2) is 9.98 Å². The van der Waals surface area contributed by atoms with Gasteiger partial charge < -0.3 is 4.42 Å². The molecule has 1 aliphatic rings. The number of furan rings is 1. The topological polar surface area (TPSA) is 102 Å². The number of hydrogen-bond acceptors (Lipinski definition) is 7. The van der Waals surface area contributed by atoms with Gasteiger partial charge in [-0.15, -0.1) is 0 Å². The standard InChI is InChI=1S/C21H15ClN4O4S/c1-2-25-20(27)18(31-21(25)24-16-7-4-10-23-19(16)22)12-15-8-9-17(30-15)13-5-3-6-14(11-13)26(28)29/h3-12H,2H2,1H3/b18-12+,24-21?. The molecule has 1 fully saturated rings. The predicted molar refractivity (Wildman–Crippen MR) is 120 cm³/mol. The Kier molecular flexibility index (Phi) is 5.88. The van der Waals surface area contributed by atoms with Crippen LogP contribution in [0.1, 0.15) is 12.7 Å². The van der Waals surface area contributed by atoms with Gasteiger partial charge >= 0.3 is 0 Å². The Labute approximate surface area is 186 Å². The molecule has 0 unspecified atom stereocenters. The van der Waals surface area contributed by atoms with Crippen LogP contribution in [0.3, 0.4) is 0 Å². The number of nitrogens with zero attached hydrogens (tertiary/aromatic N) is 4. The summed E-state index contributed by atoms with van der Waals surface area (Å²) in [6, 6.07) is 13.0. The van der Waals surface area contributed by atoms with E-state index in [1.807, 2.05) is 6.92 Å². The molecular weight excluding hydrogens is 440 g/mol. The number of likely N-dealkylation sites (N-methyl/N-ethyl adjacent to an activating group) is 1. The second-order valence-corrected chi connectivity index (χ2v) is 7.74. The van der Waals surface area contributed by atoms with Gasteiger partial charge in [0, 0.05) is 36.5 Å². The fourth-order valence-corrected chi connectivity index (χ4v) is 4.12. The third kappa shape index (κ3) is 4.37. The summed E-state index contributed by atoms with van der Waals surface area (Å²) in [6.45, 7) is 2.30. The van der Waals surface area contributed by atoms with Crippen molar-refractivity contribution < 1.29 is 14.1 Å². The van der Waals surface area contributed by atoms with E-state index in [1.54, 1.807) is 53.6 Å². The fourth-order valence-electron chi connectivity index (χ4n) is 2.92. The van der Waals surface area contributed by atoms with Crippen LogP contribution in [0.15, 0.2) is 69.0 Å². The summed E-state index contributed by atoms with van der Waals surface area (Å²) in [5.41, 5.74) is 1.03. The minimum atomic E-state index is -0.460. The molecule has 1 aliphatic heterocycles. The van der Waals surface area contributed by atoms with Gasteiger partial charge in [0.15, 0.2) is 10.3 Å². The Morgan fingerprint density at radius 1 is 1.29 bits per heavy atom. The Hall–Kier alpha value is -3.43. The second-order valence-electron chi connectivity index (χ2n) is 6.38. The monoisotopic (exact) mass is 454 g/mol. The van der Waals surface area contributed by atoms with Gasteiger partial charge in [-0.3, -0.25) is 19.8 Å². The lowest BCUT2D eigenvalue weighted by molar-refractivity contribution is -0.384. The lowest BCUT2D eigenvalue weighted by atomic mass is 10.1. The summed E-state index contributed by atoms with van der Waals surface area (Å²) in [5, 5.41) is 11.7. The van der Waals surface area contributed by atoms with E-state index >= 15 is 0 Å². The van der Waals surface area contributed by atoms with E-state index in [2.05, 4.69) is 9.98 Å². The van der Waals surface area contributed by atoms with Crippen LogP contribution in [0.5, 0.6) is 0 Å². The Morgan fingerprint density at radius 3 is 2.87 bits per heavy atom. The molecule has 0 N–H and O–H groups in total. The third-order valence-electron chi connectivity index (χ3n) is 4.40. The van der Waals surface area contributed by atoms with Crippen LogP contribution in [0.2, 0.25) is 5.15 Å². The number of pyridine rings is 1. The number of aliphatic imine (C=N–C) groups is 1. The van der Waals surface area contributed by atoms with Crippen molar-refractivity contribution in [3.05, 3.63) is 80.7 Å². The molecule has 0 saturated carbocycles. The molecule has 0 spiro atoms. The largest absolute Gasteiger partial charge is 0.457 e. The van der Waals surface area contributed by atoms with E-state index in [9.17, 15) is 14.9 Å². The molecule has 8 nitrogen and oxygen atoms in total. The number of aromatic nitrogens is 1. The Bertz CT molecular complexity index is 1240. The zero-order valence-corrected chi connectivity index (χ0v) is 17.8. The molecule has 0 aliphatic carbocycles. The molecule has 2 aromatic heterocycles. The van der Waals surface area contributed by atoms with Crippen molar-refractivity contribution in [3.8, 4) is 11.3 Å². The molecule has 3 aromatic rings. The maximum absolute atomic E-state index is 12.8. The summed E-state index contributed by atoms with van der Waals surface area (Å²) < 4.78 is 5.80. The van der Waals surface area contributed by atoms with E-state index in [0.717, 1.165) is 0 Å². The van der Waals surface area contributed by atoms with Crippen molar-refractivity contribution in [2.45, 2.75) is 6.92 Å². The number of nitro benzene ring substituents is 1. The molecule has 0 bridgehead atoms. The number of halogens is 1. The highest BCUT2D eigenvalue weighted by atomic mass is 35.5. The summed E-state index contributed by atoms with van der Waals surface area (Å²) in [4.78, 5) is 33.8. The minimum Gasteiger partial charge on any atom is -0.457 e. The smallest absolute Gasteiger partial charge is 0.270 e. The first-order valence-corrected chi connectivity index (χ1v) is 10.4. The lowest BCUT2D eigenvalue weighted by Gasteiger charge is -2.12. The molecule has 31 heavy (non-hydrogen) atoms. The minimum absolute atomic E-state index is 0.0242. The number of carbonyl (C=O) groups is 1. The zero-order valence-electron chi connectivity index (χ0n) is 16.2. The number of thioether (sulfide) groups is 1. The van der Waals surface area contributed by atoms with Crippen LogP contribution in [0, 0.1) is 10.1 Å². The van der Waals surface area contributed by atoms with Crippen molar-refractivity contribution in [3.63, 3.8) is 0 Å². The van der Waals surface area contributed by atoms with Gasteiger partial charge in [0.1, 0.15) is 17.2 Å². The maximum Gasteiger partial charge on any atom is 0.270 e. The van der Waals surface area contributed by atoms with Crippen molar-refractivity contribution in [2.24, 2.45) is 4.99 Å². The molecule has 1 amide bonds. The van der Waals surface area contributed by atoms with Gasteiger partial charge in [-0.2, -0.15) is 0 Å². The van der Waals surface area contributed by atoms with E-state index in [-0.39, 0.29) is 16.7 Å². The van der Waals surface area contributed by atoms with Crippen LogP contribution in [-0.2, 0) is 4.79 Å². The highest BCUT2D eigenvalue weighted by molar-refractivity contribution is 8.18. The summed E-state index contributed by atoms with van der Waals surface area (Å²) >= 11 is 7.30. The first-order valence-electron chi connectivity index (χ1n) is 9.21. The average molecular weight is 455 g/mol. The quantitative estimate of drug-likeness (QED) is 0.217. The zero-order chi connectivity index (χ0) is 22.0. The lowest BCUT2D eigenvalue weighted by Crippen LogP contribution is -2.28. The van der Waals surface area contributed by atoms with Crippen LogP contribution in [0.25, 0.3) is 17.4 Å². The molecular formula is C21H15ClN4O4S. The van der Waals surface area contributed by atoms with Crippen LogP contribution in [0.4, 0.5) is 11.4 Å². The average Bonchev–Trinajstić information content (AvgIpc) is 3.34. The molecule has 10 heteroatoms. The fraction of sp³-hybridized carbons (Fsp3) is 0.0952. The first kappa shape index (κ1) is 20.8. The number of carbonyl (C=O) groups excluding carboxylic acids is 1. The first-order chi connectivity index (χ1) is 15.0. The predicted octanol–water partition coefficient (Wildman–Crippen LogP) is 5.53. The Balaban J connectivity index is 1.62. The SMILES string of the molecule is CCN1C(=O)/C(=C\c2ccc(-c3cccc([N+](=O)[O-])c3)o2)SC1=Nc1cccnc1Cl. The summed E-state index contributed by atoms with van der Waals surface area (Å²) in [7, 11) is 0. The number of amides is 1. The second kappa shape index (κ2) is 8.75. The van der Waals surface area contributed by atoms with Crippen LogP contribution < -0.4 is 0 Å². The maximum atomic E-state index is 12.8. The molecule has 4 rings (SSSR count). The molecule has 156 valence electrons. The van der Waals surface area contributed by atoms with Gasteiger partial charge in [-0.1, -0.05) is 23.7 Å². The van der Waals surface area contributed by atoms with Gasteiger partial charge in [-0.05, 0) is 43.0 Å². The molecule has 1 saturated heterocycles. The summed E-state index contributed by atoms with van der Waals surface area (Å²) in [6.07, 6.45) is 3.20. The third-order valence-corrected chi connectivity index (χ3v) is 5.70. The van der Waals surface area contributed by atoms with E-state index in [1.165, 1.54) is 23.9 Å². The van der Waals surface area contributed by atoms with Crippen molar-refractivity contribution in [2.75, 3.05) is 6.54 Å². The summed E-state index contributed by atoms with van der Waals surface area (Å²) in [5.74, 6) is 0.725. The Morgan fingerprint density at radius 2 is 2.13 bits per heavy atom. The number of non-ortho nitro benzene ring substituents is 1. The van der Waals surface area contributed by atoms with E-state index in [0.29, 0.717) is 39.4 Å². The van der Waals surface area contributed by atoms with Gasteiger partial charge in [0.25, 0.3) is 11.6 Å². The van der Waals surface area contributed by atoms with Crippen molar-refractivity contribution in [1.82, 2.24) is 9.88 Å². The number of amidine groups is 1. The number of hydrogen-bond donors (Lipinski definition) is 0. The normalized spacial score (nSPS) is 16.5. The van der Waals surface area contributed by atoms with E-state index in [4.69, 9.17) is 16.0 Å². The highest BCUT2D eigenvalue weighted by Crippen LogP contribution is 2.36. The highest BCUT2D eigenvalue weighted by Gasteiger charge is 2.32. The molecule has 3 heterocycles. The van der Waals surface area contributed by atoms with Crippen LogP contribution in [-0.4, -0.2) is 32.4 Å². The van der Waals surface area contributed by atoms with Crippen LogP contribution >= 0.6 is 23.4 Å². The number of benzene rings is 1. The molecule has 0 radical (unpaired) electrons. The number of nitro groups is 1. The van der Waals surface area contributed by atoms with E-state index < -0.39 is 4.92 Å². The molecule has 1 aromatic carbocycles. The number of rotatable bonds is 5. The molecule has 0 atom stereocenters. The van der Waals surface area contributed by atoms with Crippen molar-refractivity contribution >= 4 is 51.9 Å². The van der Waals surface area contributed by atoms with Gasteiger partial charge in [0.05, 0.1) is 9.83 Å². The van der Waals surface area contributed by atoms with Gasteiger partial charge in [0.2, 0.25) is 0 Å². The van der Waals surface area contributed by atoms with Crippen molar-refractivity contribution in [1.29, 1.82) is 0 Å².